The van der Waals surface area contributed by atoms with E-state index in [0.717, 1.165) is 0 Å². The number of phenols is 1. The number of nitrogens with zero attached hydrogens (tertiary/aromatic N) is 4. The molecule has 3 heterocycles. The summed E-state index contributed by atoms with van der Waals surface area (Å²) in [5.41, 5.74) is 6.42. The number of aryl methyl sites for hydroxylation is 1. The van der Waals surface area contributed by atoms with E-state index in [4.69, 9.17) is 30.1 Å². The maximum Gasteiger partial charge on any atom is 0.320 e. The lowest BCUT2D eigenvalue weighted by Gasteiger charge is -2.31. The molecule has 1 aliphatic heterocycles. The van der Waals surface area contributed by atoms with Crippen LogP contribution in [0.1, 0.15) is 25.3 Å². The average Bonchev–Trinajstić information content (AvgIpc) is 3.45. The number of hydrogen-bond donors (Lipinski definition) is 3. The quantitative estimate of drug-likeness (QED) is 0.121. The normalized spacial score (nSPS) is 13.8. The van der Waals surface area contributed by atoms with Crippen LogP contribution in [0.25, 0.3) is 11.4 Å². The van der Waals surface area contributed by atoms with Gasteiger partial charge in [0.2, 0.25) is 17.4 Å². The molecule has 0 atom stereocenters. The van der Waals surface area contributed by atoms with Crippen LogP contribution in [0.5, 0.6) is 34.8 Å². The van der Waals surface area contributed by atoms with Crippen molar-refractivity contribution in [3.05, 3.63) is 72.1 Å². The Labute approximate surface area is 257 Å². The molecule has 12 nitrogen and oxygen atoms in total. The third kappa shape index (κ3) is 7.29. The van der Waals surface area contributed by atoms with Crippen molar-refractivity contribution in [1.29, 1.82) is 5.41 Å². The minimum atomic E-state index is -1.26. The van der Waals surface area contributed by atoms with Crippen molar-refractivity contribution in [3.8, 4) is 46.1 Å². The van der Waals surface area contributed by atoms with Gasteiger partial charge in [0.25, 0.3) is 11.8 Å². The molecule has 45 heavy (non-hydrogen) atoms. The summed E-state index contributed by atoms with van der Waals surface area (Å²) in [7, 11) is 1.82. The van der Waals surface area contributed by atoms with Crippen molar-refractivity contribution in [2.24, 2.45) is 12.8 Å². The Morgan fingerprint density at radius 3 is 2.51 bits per heavy atom. The highest BCUT2D eigenvalue weighted by molar-refractivity contribution is 5.95. The van der Waals surface area contributed by atoms with Crippen molar-refractivity contribution in [2.45, 2.75) is 25.9 Å². The van der Waals surface area contributed by atoms with Gasteiger partial charge < -0.3 is 34.4 Å². The smallest absolute Gasteiger partial charge is 0.320 e. The Kier molecular flexibility index (Phi) is 9.42. The molecule has 236 valence electrons. The van der Waals surface area contributed by atoms with Crippen LogP contribution >= 0.6 is 0 Å². The highest BCUT2D eigenvalue weighted by Crippen LogP contribution is 2.40. The van der Waals surface area contributed by atoms with Crippen LogP contribution in [0.3, 0.4) is 0 Å². The van der Waals surface area contributed by atoms with Crippen LogP contribution in [0.4, 0.5) is 8.78 Å². The number of carbonyl (C=O) groups is 1. The lowest BCUT2D eigenvalue weighted by molar-refractivity contribution is -0.144. The fourth-order valence-corrected chi connectivity index (χ4v) is 4.78. The van der Waals surface area contributed by atoms with E-state index in [9.17, 15) is 9.90 Å². The van der Waals surface area contributed by atoms with Crippen LogP contribution < -0.4 is 19.9 Å². The lowest BCUT2D eigenvalue weighted by Crippen LogP contribution is -2.41. The van der Waals surface area contributed by atoms with E-state index >= 15 is 8.78 Å². The number of ether oxygens (including phenoxy) is 4. The molecule has 0 radical (unpaired) electrons. The van der Waals surface area contributed by atoms with Crippen molar-refractivity contribution >= 4 is 11.8 Å². The molecule has 1 aliphatic rings. The molecular weight excluding hydrogens is 590 g/mol. The summed E-state index contributed by atoms with van der Waals surface area (Å²) in [5.74, 6) is -5.14. The summed E-state index contributed by atoms with van der Waals surface area (Å²) in [5, 5.41) is 18.0. The molecule has 2 aromatic carbocycles. The number of aromatic nitrogens is 3. The molecule has 4 N–H and O–H groups in total. The molecule has 0 unspecified atom stereocenters. The summed E-state index contributed by atoms with van der Waals surface area (Å²) in [6.45, 7) is 2.99. The minimum absolute atomic E-state index is 0.106. The predicted octanol–water partition coefficient (Wildman–Crippen LogP) is 4.74. The molecule has 0 saturated carbocycles. The highest BCUT2D eigenvalue weighted by Gasteiger charge is 2.30. The molecular formula is C31H32F2N6O6. The third-order valence-electron chi connectivity index (χ3n) is 7.06. The van der Waals surface area contributed by atoms with Crippen LogP contribution in [-0.2, 0) is 16.6 Å². The number of imidazole rings is 1. The first-order valence-corrected chi connectivity index (χ1v) is 14.2. The van der Waals surface area contributed by atoms with Gasteiger partial charge in [-0.1, -0.05) is 12.1 Å². The Morgan fingerprint density at radius 1 is 1.11 bits per heavy atom. The molecule has 5 rings (SSSR count). The van der Waals surface area contributed by atoms with Gasteiger partial charge in [-0.05, 0) is 50.1 Å². The number of nitrogen functional groups attached to an aromatic ring is 1. The van der Waals surface area contributed by atoms with E-state index in [-0.39, 0.29) is 42.0 Å². The molecule has 0 amide bonds. The van der Waals surface area contributed by atoms with E-state index in [1.165, 1.54) is 18.2 Å². The summed E-state index contributed by atoms with van der Waals surface area (Å²) in [4.78, 5) is 22.0. The summed E-state index contributed by atoms with van der Waals surface area (Å²) >= 11 is 0. The Morgan fingerprint density at radius 2 is 1.84 bits per heavy atom. The maximum absolute atomic E-state index is 15.9. The van der Waals surface area contributed by atoms with E-state index < -0.39 is 41.0 Å². The molecule has 0 aliphatic carbocycles. The van der Waals surface area contributed by atoms with Gasteiger partial charge in [-0.25, -0.2) is 4.98 Å². The van der Waals surface area contributed by atoms with Gasteiger partial charge in [-0.2, -0.15) is 13.8 Å². The zero-order chi connectivity index (χ0) is 32.1. The zero-order valence-corrected chi connectivity index (χ0v) is 24.6. The number of halogens is 2. The number of pyridine rings is 1. The molecule has 2 aromatic heterocycles. The lowest BCUT2D eigenvalue weighted by atomic mass is 10.1. The van der Waals surface area contributed by atoms with Crippen LogP contribution in [0, 0.1) is 17.0 Å². The molecule has 0 bridgehead atoms. The number of likely N-dealkylation sites (tertiary alicyclic amines) is 1. The zero-order valence-electron chi connectivity index (χ0n) is 24.6. The van der Waals surface area contributed by atoms with E-state index in [0.29, 0.717) is 37.3 Å². The topological polar surface area (TPSA) is 158 Å². The number of nitrogens with two attached hydrogens (primary N) is 1. The van der Waals surface area contributed by atoms with Gasteiger partial charge in [0, 0.05) is 43.7 Å². The number of carbonyl (C=O) groups excluding carboxylic acids is 1. The second kappa shape index (κ2) is 13.6. The standard InChI is InChI=1S/C31H32F2N6O6/c1-3-42-24(41)17-39-12-9-20(10-13-39)43-27-25(32)30(44-21-6-4-5-19(15-21)29-36-11-14-38(29)2)37-31(26(27)33)45-23-16-18(28(34)35)7-8-22(23)40/h4-8,11,14-16,20,40H,3,9-10,12-13,17H2,1-2H3,(H3,34,35). The number of aromatic hydroxyl groups is 1. The monoisotopic (exact) mass is 622 g/mol. The number of amidine groups is 1. The predicted molar refractivity (Wildman–Crippen MR) is 159 cm³/mol. The third-order valence-corrected chi connectivity index (χ3v) is 7.06. The average molecular weight is 623 g/mol. The fraction of sp³-hybridized carbons (Fsp3) is 0.290. The number of phenolic OH excluding ortho intramolecular Hbond substituents is 1. The molecule has 14 heteroatoms. The fourth-order valence-electron chi connectivity index (χ4n) is 4.78. The summed E-state index contributed by atoms with van der Waals surface area (Å²) in [6, 6.07) is 10.5. The number of hydrogen-bond acceptors (Lipinski definition) is 10. The Bertz CT molecular complexity index is 1710. The summed E-state index contributed by atoms with van der Waals surface area (Å²) in [6.07, 6.45) is 3.56. The molecule has 1 saturated heterocycles. The molecule has 4 aromatic rings. The van der Waals surface area contributed by atoms with E-state index in [1.54, 1.807) is 48.1 Å². The largest absolute Gasteiger partial charge is 0.504 e. The van der Waals surface area contributed by atoms with Crippen LogP contribution in [0.2, 0.25) is 0 Å². The van der Waals surface area contributed by atoms with Gasteiger partial charge in [0.05, 0.1) is 13.2 Å². The van der Waals surface area contributed by atoms with Crippen LogP contribution in [0.15, 0.2) is 54.9 Å². The first-order valence-electron chi connectivity index (χ1n) is 14.2. The van der Waals surface area contributed by atoms with Crippen molar-refractivity contribution in [2.75, 3.05) is 26.2 Å². The number of piperidine rings is 1. The number of benzene rings is 2. The van der Waals surface area contributed by atoms with Crippen LogP contribution in [-0.4, -0.2) is 68.7 Å². The van der Waals surface area contributed by atoms with Crippen molar-refractivity contribution in [1.82, 2.24) is 19.4 Å². The molecule has 0 spiro atoms. The first-order chi connectivity index (χ1) is 21.6. The van der Waals surface area contributed by atoms with E-state index in [2.05, 4.69) is 9.97 Å². The SMILES string of the molecule is CCOC(=O)CN1CCC(Oc2c(F)c(Oc3cccc(-c4nccn4C)c3)nc(Oc3cc(C(=N)N)ccc3O)c2F)CC1. The first kappa shape index (κ1) is 31.2. The van der Waals surface area contributed by atoms with Gasteiger partial charge >= 0.3 is 5.97 Å². The van der Waals surface area contributed by atoms with Crippen molar-refractivity contribution in [3.63, 3.8) is 0 Å². The second-order valence-corrected chi connectivity index (χ2v) is 10.3. The molecule has 1 fully saturated rings. The van der Waals surface area contributed by atoms with Gasteiger partial charge in [0.15, 0.2) is 11.5 Å². The maximum atomic E-state index is 15.9. The number of esters is 1. The highest BCUT2D eigenvalue weighted by atomic mass is 19.1. The van der Waals surface area contributed by atoms with Gasteiger partial charge in [0.1, 0.15) is 23.5 Å². The Balaban J connectivity index is 1.46. The number of nitrogens with one attached hydrogen (secondary N) is 1. The minimum Gasteiger partial charge on any atom is -0.504 e. The second-order valence-electron chi connectivity index (χ2n) is 10.3. The van der Waals surface area contributed by atoms with Crippen molar-refractivity contribution < 1.29 is 37.6 Å². The van der Waals surface area contributed by atoms with Gasteiger partial charge in [-0.3, -0.25) is 15.1 Å². The van der Waals surface area contributed by atoms with E-state index in [1.807, 2.05) is 11.9 Å². The summed E-state index contributed by atoms with van der Waals surface area (Å²) < 4.78 is 55.8. The Hall–Kier alpha value is -5.24. The van der Waals surface area contributed by atoms with Gasteiger partial charge in [-0.15, -0.1) is 0 Å². The number of rotatable bonds is 11.